The number of anilines is 1. The van der Waals surface area contributed by atoms with E-state index in [4.69, 9.17) is 10.2 Å². The van der Waals surface area contributed by atoms with Gasteiger partial charge < -0.3 is 15.3 Å². The highest BCUT2D eigenvalue weighted by molar-refractivity contribution is 5.98. The number of pyridine rings is 1. The summed E-state index contributed by atoms with van der Waals surface area (Å²) < 4.78 is 5.66. The topological polar surface area (TPSA) is 123 Å². The van der Waals surface area contributed by atoms with Gasteiger partial charge in [0.15, 0.2) is 0 Å². The minimum Gasteiger partial charge on any atom is -0.478 e. The van der Waals surface area contributed by atoms with Crippen molar-refractivity contribution < 1.29 is 19.1 Å². The van der Waals surface area contributed by atoms with Gasteiger partial charge in [-0.25, -0.2) is 4.79 Å². The van der Waals surface area contributed by atoms with Crippen LogP contribution in [0.2, 0.25) is 0 Å². The van der Waals surface area contributed by atoms with Crippen LogP contribution in [0.4, 0.5) is 5.82 Å². The van der Waals surface area contributed by atoms with E-state index >= 15 is 0 Å². The molecule has 0 atom stereocenters. The number of aromatic carboxylic acids is 1. The van der Waals surface area contributed by atoms with E-state index in [1.54, 1.807) is 12.1 Å². The molecular formula is C19H16N2O5. The molecule has 2 heterocycles. The number of carboxylic acid groups (broad SMARTS) is 1. The van der Waals surface area contributed by atoms with Gasteiger partial charge >= 0.3 is 5.97 Å². The number of carboxylic acids is 1. The van der Waals surface area contributed by atoms with Crippen LogP contribution in [0.15, 0.2) is 33.5 Å². The highest BCUT2D eigenvalue weighted by atomic mass is 16.4. The molecule has 132 valence electrons. The largest absolute Gasteiger partial charge is 0.478 e. The second-order valence-electron chi connectivity index (χ2n) is 6.58. The number of nitrogens with two attached hydrogens (primary N) is 1. The lowest BCUT2D eigenvalue weighted by atomic mass is 9.83. The van der Waals surface area contributed by atoms with E-state index < -0.39 is 5.97 Å². The molecule has 0 unspecified atom stereocenters. The van der Waals surface area contributed by atoms with Crippen molar-refractivity contribution >= 4 is 39.6 Å². The van der Waals surface area contributed by atoms with Crippen molar-refractivity contribution in [3.8, 4) is 0 Å². The van der Waals surface area contributed by atoms with Crippen molar-refractivity contribution in [2.75, 3.05) is 5.73 Å². The van der Waals surface area contributed by atoms with E-state index in [1.807, 2.05) is 6.07 Å². The standard InChI is InChI=1S/C19H16N2O5/c20-17-14(19(24)25)8-13-16(23)12-7-10(9-1-4-11(22)5-2-9)3-6-15(12)26-18(13)21-17/h3,6-9H,1-2,4-5H2,(H2,20,21)(H,24,25). The summed E-state index contributed by atoms with van der Waals surface area (Å²) >= 11 is 0. The molecule has 0 radical (unpaired) electrons. The molecule has 2 aromatic heterocycles. The number of aromatic nitrogens is 1. The van der Waals surface area contributed by atoms with Gasteiger partial charge in [0.2, 0.25) is 11.1 Å². The Balaban J connectivity index is 1.89. The molecule has 1 saturated carbocycles. The van der Waals surface area contributed by atoms with Crippen LogP contribution in [0.1, 0.15) is 47.5 Å². The molecule has 1 aliphatic carbocycles. The molecule has 1 aromatic carbocycles. The van der Waals surface area contributed by atoms with Crippen LogP contribution in [-0.4, -0.2) is 21.8 Å². The van der Waals surface area contributed by atoms with Gasteiger partial charge in [0, 0.05) is 12.8 Å². The lowest BCUT2D eigenvalue weighted by molar-refractivity contribution is -0.120. The molecule has 3 N–H and O–H groups in total. The van der Waals surface area contributed by atoms with Crippen molar-refractivity contribution in [2.45, 2.75) is 31.6 Å². The minimum atomic E-state index is -1.25. The zero-order valence-corrected chi connectivity index (χ0v) is 13.8. The van der Waals surface area contributed by atoms with Crippen molar-refractivity contribution in [2.24, 2.45) is 0 Å². The number of nitrogen functional groups attached to an aromatic ring is 1. The molecule has 0 amide bonds. The van der Waals surface area contributed by atoms with Gasteiger partial charge in [-0.05, 0) is 42.5 Å². The number of benzene rings is 1. The van der Waals surface area contributed by atoms with Gasteiger partial charge in [-0.1, -0.05) is 6.07 Å². The van der Waals surface area contributed by atoms with Crippen molar-refractivity contribution in [3.63, 3.8) is 0 Å². The normalized spacial score (nSPS) is 15.6. The van der Waals surface area contributed by atoms with Gasteiger partial charge in [-0.15, -0.1) is 0 Å². The molecule has 3 aromatic rings. The van der Waals surface area contributed by atoms with Crippen molar-refractivity contribution in [1.29, 1.82) is 0 Å². The Morgan fingerprint density at radius 1 is 1.15 bits per heavy atom. The average Bonchev–Trinajstić information content (AvgIpc) is 2.62. The number of hydrogen-bond acceptors (Lipinski definition) is 6. The molecular weight excluding hydrogens is 336 g/mol. The summed E-state index contributed by atoms with van der Waals surface area (Å²) in [5.74, 6) is -0.947. The summed E-state index contributed by atoms with van der Waals surface area (Å²) in [4.78, 5) is 39.5. The Bertz CT molecular complexity index is 1120. The second kappa shape index (κ2) is 5.94. The number of rotatable bonds is 2. The summed E-state index contributed by atoms with van der Waals surface area (Å²) in [6, 6.07) is 6.59. The van der Waals surface area contributed by atoms with E-state index in [2.05, 4.69) is 4.98 Å². The Kier molecular flexibility index (Phi) is 3.72. The first kappa shape index (κ1) is 16.3. The summed E-state index contributed by atoms with van der Waals surface area (Å²) in [5.41, 5.74) is 6.43. The Morgan fingerprint density at radius 3 is 2.58 bits per heavy atom. The Labute approximate surface area is 147 Å². The van der Waals surface area contributed by atoms with Gasteiger partial charge in [-0.3, -0.25) is 9.59 Å². The maximum atomic E-state index is 12.9. The maximum Gasteiger partial charge on any atom is 0.339 e. The molecule has 4 rings (SSSR count). The van der Waals surface area contributed by atoms with Crippen LogP contribution in [0, 0.1) is 0 Å². The zero-order valence-electron chi connectivity index (χ0n) is 13.8. The minimum absolute atomic E-state index is 0.0148. The predicted octanol–water partition coefficient (Wildman–Crippen LogP) is 2.85. The van der Waals surface area contributed by atoms with Crippen LogP contribution >= 0.6 is 0 Å². The summed E-state index contributed by atoms with van der Waals surface area (Å²) in [5, 5.41) is 9.64. The molecule has 0 saturated heterocycles. The van der Waals surface area contributed by atoms with E-state index in [9.17, 15) is 19.5 Å². The smallest absolute Gasteiger partial charge is 0.339 e. The second-order valence-corrected chi connectivity index (χ2v) is 6.58. The molecule has 7 heteroatoms. The molecule has 1 fully saturated rings. The number of ketones is 1. The monoisotopic (exact) mass is 352 g/mol. The third-order valence-corrected chi connectivity index (χ3v) is 4.96. The molecule has 1 aliphatic rings. The van der Waals surface area contributed by atoms with Gasteiger partial charge in [-0.2, -0.15) is 4.98 Å². The molecule has 0 spiro atoms. The predicted molar refractivity (Wildman–Crippen MR) is 95.4 cm³/mol. The molecule has 7 nitrogen and oxygen atoms in total. The van der Waals surface area contributed by atoms with Crippen LogP contribution in [0.3, 0.4) is 0 Å². The first-order chi connectivity index (χ1) is 12.4. The molecule has 0 bridgehead atoms. The number of hydrogen-bond donors (Lipinski definition) is 2. The van der Waals surface area contributed by atoms with E-state index in [-0.39, 0.29) is 39.6 Å². The quantitative estimate of drug-likeness (QED) is 0.680. The average molecular weight is 352 g/mol. The number of Topliss-reactive ketones (excluding diaryl/α,β-unsaturated/α-hetero) is 1. The number of fused-ring (bicyclic) bond motifs is 2. The fourth-order valence-corrected chi connectivity index (χ4v) is 3.51. The summed E-state index contributed by atoms with van der Waals surface area (Å²) in [7, 11) is 0. The van der Waals surface area contributed by atoms with Crippen LogP contribution in [0.25, 0.3) is 22.1 Å². The Hall–Kier alpha value is -3.22. The summed E-state index contributed by atoms with van der Waals surface area (Å²) in [6.07, 6.45) is 2.65. The third-order valence-electron chi connectivity index (χ3n) is 4.96. The fourth-order valence-electron chi connectivity index (χ4n) is 3.51. The van der Waals surface area contributed by atoms with Crippen molar-refractivity contribution in [1.82, 2.24) is 4.98 Å². The lowest BCUT2D eigenvalue weighted by Crippen LogP contribution is -2.13. The highest BCUT2D eigenvalue weighted by Gasteiger charge is 2.22. The zero-order chi connectivity index (χ0) is 18.4. The van der Waals surface area contributed by atoms with E-state index in [0.717, 1.165) is 18.4 Å². The van der Waals surface area contributed by atoms with Gasteiger partial charge in [0.05, 0.1) is 10.8 Å². The van der Waals surface area contributed by atoms with Gasteiger partial charge in [0.1, 0.15) is 22.7 Å². The SMILES string of the molecule is Nc1nc2oc3ccc(C4CCC(=O)CC4)cc3c(=O)c2cc1C(=O)O. The molecule has 0 aliphatic heterocycles. The lowest BCUT2D eigenvalue weighted by Gasteiger charge is -2.21. The first-order valence-electron chi connectivity index (χ1n) is 8.36. The Morgan fingerprint density at radius 2 is 1.88 bits per heavy atom. The fraction of sp³-hybridized carbons (Fsp3) is 0.263. The van der Waals surface area contributed by atoms with E-state index in [0.29, 0.717) is 23.8 Å². The van der Waals surface area contributed by atoms with Crippen molar-refractivity contribution in [3.05, 3.63) is 45.6 Å². The number of carbonyl (C=O) groups excluding carboxylic acids is 1. The third kappa shape index (κ3) is 2.61. The first-order valence-corrected chi connectivity index (χ1v) is 8.36. The van der Waals surface area contributed by atoms with Crippen LogP contribution < -0.4 is 11.2 Å². The molecule has 26 heavy (non-hydrogen) atoms. The maximum absolute atomic E-state index is 12.9. The highest BCUT2D eigenvalue weighted by Crippen LogP contribution is 2.32. The summed E-state index contributed by atoms with van der Waals surface area (Å²) in [6.45, 7) is 0. The van der Waals surface area contributed by atoms with Crippen LogP contribution in [-0.2, 0) is 4.79 Å². The van der Waals surface area contributed by atoms with Crippen LogP contribution in [0.5, 0.6) is 0 Å². The van der Waals surface area contributed by atoms with E-state index in [1.165, 1.54) is 6.07 Å². The number of nitrogens with zero attached hydrogens (tertiary/aromatic N) is 1. The number of carbonyl (C=O) groups is 2. The van der Waals surface area contributed by atoms with Gasteiger partial charge in [0.25, 0.3) is 0 Å².